The normalized spacial score (nSPS) is 15.6. The van der Waals surface area contributed by atoms with Gasteiger partial charge in [-0.2, -0.15) is 0 Å². The molecule has 0 aliphatic carbocycles. The van der Waals surface area contributed by atoms with Crippen molar-refractivity contribution in [1.29, 1.82) is 0 Å². The second-order valence-electron chi connectivity index (χ2n) is 7.25. The Hall–Kier alpha value is -2.35. The highest BCUT2D eigenvalue weighted by molar-refractivity contribution is 7.13. The second kappa shape index (κ2) is 9.73. The van der Waals surface area contributed by atoms with Crippen LogP contribution in [0.25, 0.3) is 0 Å². The first kappa shape index (κ1) is 20.4. The van der Waals surface area contributed by atoms with Crippen molar-refractivity contribution in [3.8, 4) is 0 Å². The molecule has 152 valence electrons. The van der Waals surface area contributed by atoms with E-state index in [2.05, 4.69) is 49.9 Å². The minimum absolute atomic E-state index is 0.423. The van der Waals surface area contributed by atoms with Crippen LogP contribution in [0.5, 0.6) is 0 Å². The Morgan fingerprint density at radius 2 is 2.07 bits per heavy atom. The fourth-order valence-electron chi connectivity index (χ4n) is 3.21. The van der Waals surface area contributed by atoms with E-state index in [-0.39, 0.29) is 0 Å². The number of nitrogens with one attached hydrogen (secondary N) is 2. The van der Waals surface area contributed by atoms with Crippen molar-refractivity contribution in [2.75, 3.05) is 43.5 Å². The topological polar surface area (TPSA) is 68.7 Å². The average Bonchev–Trinajstić information content (AvgIpc) is 3.16. The lowest BCUT2D eigenvalue weighted by atomic mass is 10.1. The monoisotopic (exact) mass is 401 g/mol. The van der Waals surface area contributed by atoms with Crippen LogP contribution in [-0.4, -0.2) is 55.7 Å². The van der Waals surface area contributed by atoms with Crippen molar-refractivity contribution in [1.82, 2.24) is 20.6 Å². The predicted molar refractivity (Wildman–Crippen MR) is 119 cm³/mol. The number of nitrogens with zero attached hydrogens (tertiary/aromatic N) is 5. The molecule has 2 aromatic heterocycles. The van der Waals surface area contributed by atoms with Crippen molar-refractivity contribution in [2.45, 2.75) is 39.3 Å². The minimum Gasteiger partial charge on any atom is -0.357 e. The number of rotatable bonds is 6. The number of aromatic nitrogens is 2. The van der Waals surface area contributed by atoms with Crippen molar-refractivity contribution in [2.24, 2.45) is 4.99 Å². The van der Waals surface area contributed by atoms with E-state index in [1.807, 2.05) is 32.0 Å². The molecule has 0 spiro atoms. The molecule has 28 heavy (non-hydrogen) atoms. The predicted octanol–water partition coefficient (Wildman–Crippen LogP) is 2.64. The highest BCUT2D eigenvalue weighted by atomic mass is 32.1. The van der Waals surface area contributed by atoms with Crippen LogP contribution in [0.4, 0.5) is 10.9 Å². The molecule has 0 aromatic carbocycles. The van der Waals surface area contributed by atoms with Crippen molar-refractivity contribution >= 4 is 28.2 Å². The molecule has 2 aromatic rings. The third-order valence-electron chi connectivity index (χ3n) is 4.70. The van der Waals surface area contributed by atoms with Crippen LogP contribution in [0.1, 0.15) is 31.2 Å². The molecule has 0 atom stereocenters. The Labute approximate surface area is 171 Å². The summed E-state index contributed by atoms with van der Waals surface area (Å²) >= 11 is 1.65. The van der Waals surface area contributed by atoms with Crippen molar-refractivity contribution < 1.29 is 0 Å². The summed E-state index contributed by atoms with van der Waals surface area (Å²) in [4.78, 5) is 18.4. The molecule has 1 aliphatic rings. The zero-order chi connectivity index (χ0) is 19.9. The third-order valence-corrected chi connectivity index (χ3v) is 5.76. The highest BCUT2D eigenvalue weighted by Gasteiger charge is 2.21. The van der Waals surface area contributed by atoms with Gasteiger partial charge in [-0.1, -0.05) is 6.07 Å². The summed E-state index contributed by atoms with van der Waals surface area (Å²) in [6, 6.07) is 6.65. The van der Waals surface area contributed by atoms with Crippen LogP contribution in [-0.2, 0) is 6.54 Å². The summed E-state index contributed by atoms with van der Waals surface area (Å²) in [6.45, 7) is 7.58. The summed E-state index contributed by atoms with van der Waals surface area (Å²) in [7, 11) is 4.02. The Morgan fingerprint density at radius 3 is 2.71 bits per heavy atom. The summed E-state index contributed by atoms with van der Waals surface area (Å²) in [6.07, 6.45) is 2.14. The van der Waals surface area contributed by atoms with E-state index in [1.165, 1.54) is 0 Å². The molecule has 7 nitrogen and oxygen atoms in total. The van der Waals surface area contributed by atoms with E-state index in [0.717, 1.165) is 60.8 Å². The Bertz CT molecular complexity index is 778. The molecule has 0 saturated carbocycles. The number of aliphatic imine (C=N–C) groups is 1. The maximum atomic E-state index is 4.73. The van der Waals surface area contributed by atoms with Crippen LogP contribution >= 0.6 is 11.3 Å². The van der Waals surface area contributed by atoms with E-state index in [9.17, 15) is 0 Å². The van der Waals surface area contributed by atoms with E-state index in [4.69, 9.17) is 4.99 Å². The standard InChI is InChI=1S/C20H31N7S/c1-5-21-19(22-13-17-14-28-20(25-17)26(3)4)24-16-9-11-27(12-10-16)18-8-6-7-15(2)23-18/h6-8,14,16H,5,9-13H2,1-4H3,(H2,21,22,24). The SMILES string of the molecule is CCNC(=NCc1csc(N(C)C)n1)NC1CCN(c2cccc(C)n2)CC1. The lowest BCUT2D eigenvalue weighted by molar-refractivity contribution is 0.459. The second-order valence-corrected chi connectivity index (χ2v) is 8.09. The largest absolute Gasteiger partial charge is 0.357 e. The summed E-state index contributed by atoms with van der Waals surface area (Å²) in [5.74, 6) is 1.95. The molecular weight excluding hydrogens is 370 g/mol. The Morgan fingerprint density at radius 1 is 1.29 bits per heavy atom. The van der Waals surface area contributed by atoms with Crippen molar-refractivity contribution in [3.63, 3.8) is 0 Å². The lowest BCUT2D eigenvalue weighted by Gasteiger charge is -2.34. The molecule has 0 amide bonds. The number of thiazole rings is 1. The first-order valence-electron chi connectivity index (χ1n) is 9.90. The van der Waals surface area contributed by atoms with Gasteiger partial charge in [0.15, 0.2) is 11.1 Å². The van der Waals surface area contributed by atoms with Crippen LogP contribution in [0, 0.1) is 6.92 Å². The fourth-order valence-corrected chi connectivity index (χ4v) is 3.95. The molecule has 3 heterocycles. The number of piperidine rings is 1. The van der Waals surface area contributed by atoms with Gasteiger partial charge in [-0.3, -0.25) is 0 Å². The summed E-state index contributed by atoms with van der Waals surface area (Å²) < 4.78 is 0. The number of aryl methyl sites for hydroxylation is 1. The fraction of sp³-hybridized carbons (Fsp3) is 0.550. The van der Waals surface area contributed by atoms with Crippen LogP contribution < -0.4 is 20.4 Å². The van der Waals surface area contributed by atoms with Crippen LogP contribution in [0.2, 0.25) is 0 Å². The van der Waals surface area contributed by atoms with E-state index >= 15 is 0 Å². The molecule has 1 aliphatic heterocycles. The van der Waals surface area contributed by atoms with Gasteiger partial charge in [0.25, 0.3) is 0 Å². The van der Waals surface area contributed by atoms with Crippen LogP contribution in [0.15, 0.2) is 28.6 Å². The third kappa shape index (κ3) is 5.58. The molecule has 0 unspecified atom stereocenters. The maximum absolute atomic E-state index is 4.73. The van der Waals surface area contributed by atoms with E-state index in [0.29, 0.717) is 12.6 Å². The first-order valence-corrected chi connectivity index (χ1v) is 10.8. The van der Waals surface area contributed by atoms with Gasteiger partial charge in [0.1, 0.15) is 5.82 Å². The van der Waals surface area contributed by atoms with Gasteiger partial charge in [-0.05, 0) is 38.8 Å². The Kier molecular flexibility index (Phi) is 7.08. The molecule has 8 heteroatoms. The van der Waals surface area contributed by atoms with Gasteiger partial charge in [-0.15, -0.1) is 11.3 Å². The molecule has 0 radical (unpaired) electrons. The minimum atomic E-state index is 0.423. The van der Waals surface area contributed by atoms with E-state index < -0.39 is 0 Å². The number of hydrogen-bond donors (Lipinski definition) is 2. The molecule has 3 rings (SSSR count). The summed E-state index contributed by atoms with van der Waals surface area (Å²) in [5, 5.41) is 10.0. The number of pyridine rings is 1. The van der Waals surface area contributed by atoms with Crippen molar-refractivity contribution in [3.05, 3.63) is 35.0 Å². The van der Waals surface area contributed by atoms with E-state index in [1.54, 1.807) is 11.3 Å². The van der Waals surface area contributed by atoms with Gasteiger partial charge >= 0.3 is 0 Å². The smallest absolute Gasteiger partial charge is 0.191 e. The van der Waals surface area contributed by atoms with Gasteiger partial charge in [-0.25, -0.2) is 15.0 Å². The molecule has 0 bridgehead atoms. The average molecular weight is 402 g/mol. The molecular formula is C20H31N7S. The maximum Gasteiger partial charge on any atom is 0.191 e. The number of guanidine groups is 1. The number of anilines is 2. The summed E-state index contributed by atoms with van der Waals surface area (Å²) in [5.41, 5.74) is 2.07. The molecule has 2 N–H and O–H groups in total. The van der Waals surface area contributed by atoms with Gasteiger partial charge in [0, 0.05) is 50.8 Å². The first-order chi connectivity index (χ1) is 13.5. The lowest BCUT2D eigenvalue weighted by Crippen LogP contribution is -2.48. The van der Waals surface area contributed by atoms with Gasteiger partial charge < -0.3 is 20.4 Å². The van der Waals surface area contributed by atoms with Gasteiger partial charge in [0.05, 0.1) is 12.2 Å². The number of hydrogen-bond acceptors (Lipinski definition) is 6. The molecule has 1 saturated heterocycles. The van der Waals surface area contributed by atoms with Crippen LogP contribution in [0.3, 0.4) is 0 Å². The highest BCUT2D eigenvalue weighted by Crippen LogP contribution is 2.19. The molecule has 1 fully saturated rings. The Balaban J connectivity index is 1.54. The zero-order valence-corrected chi connectivity index (χ0v) is 18.1. The quantitative estimate of drug-likeness (QED) is 0.573. The van der Waals surface area contributed by atoms with Gasteiger partial charge in [0.2, 0.25) is 0 Å². The zero-order valence-electron chi connectivity index (χ0n) is 17.3.